The van der Waals surface area contributed by atoms with E-state index in [1.807, 2.05) is 30.3 Å². The lowest BCUT2D eigenvalue weighted by Gasteiger charge is -2.33. The summed E-state index contributed by atoms with van der Waals surface area (Å²) in [5, 5.41) is 6.86. The average Bonchev–Trinajstić information content (AvgIpc) is 3.28. The van der Waals surface area contributed by atoms with Crippen LogP contribution in [0.4, 0.5) is 5.82 Å². The number of rotatable bonds is 7. The number of piperidine rings is 1. The van der Waals surface area contributed by atoms with Crippen LogP contribution in [0.2, 0.25) is 0 Å². The molecule has 1 aliphatic heterocycles. The number of nitrogens with zero attached hydrogens (tertiary/aromatic N) is 4. The Bertz CT molecular complexity index is 1070. The van der Waals surface area contributed by atoms with E-state index in [-0.39, 0.29) is 11.8 Å². The average molecular weight is 438 g/mol. The fourth-order valence-electron chi connectivity index (χ4n) is 3.93. The van der Waals surface area contributed by atoms with Crippen LogP contribution < -0.4 is 19.7 Å². The number of hydrogen-bond donors (Lipinski definition) is 1. The smallest absolute Gasteiger partial charge is 0.259 e. The molecule has 4 rings (SSSR count). The molecular formula is C23H27N5O4. The standard InChI is InChI=1S/C23H27N5O4/c1-15-26-23(32-27-15)17-9-10-20(24-13-17)28-11-5-7-18(14-28)22(29)25-12-16-6-4-8-19(30-2)21(16)31-3/h4,6,8-10,13,18H,5,7,11-12,14H2,1-3H3,(H,25,29)/t18-/m0/s1. The van der Waals surface area contributed by atoms with Crippen LogP contribution in [0.1, 0.15) is 24.2 Å². The molecule has 1 aromatic carbocycles. The zero-order chi connectivity index (χ0) is 22.5. The molecule has 32 heavy (non-hydrogen) atoms. The molecule has 168 valence electrons. The van der Waals surface area contributed by atoms with Crippen LogP contribution in [0.3, 0.4) is 0 Å². The SMILES string of the molecule is COc1cccc(CNC(=O)[C@H]2CCCN(c3ccc(-c4nc(C)no4)cn3)C2)c1OC. The highest BCUT2D eigenvalue weighted by molar-refractivity contribution is 5.79. The summed E-state index contributed by atoms with van der Waals surface area (Å²) < 4.78 is 16.0. The number of benzene rings is 1. The molecule has 9 nitrogen and oxygen atoms in total. The summed E-state index contributed by atoms with van der Waals surface area (Å²) in [4.78, 5) is 23.8. The molecular weight excluding hydrogens is 410 g/mol. The third kappa shape index (κ3) is 4.66. The van der Waals surface area contributed by atoms with Gasteiger partial charge in [0, 0.05) is 31.4 Å². The van der Waals surface area contributed by atoms with Crippen LogP contribution in [0, 0.1) is 12.8 Å². The molecule has 9 heteroatoms. The van der Waals surface area contributed by atoms with Gasteiger partial charge in [0.05, 0.1) is 25.7 Å². The van der Waals surface area contributed by atoms with E-state index >= 15 is 0 Å². The van der Waals surface area contributed by atoms with E-state index in [9.17, 15) is 4.79 Å². The van der Waals surface area contributed by atoms with Gasteiger partial charge in [-0.05, 0) is 38.0 Å². The zero-order valence-electron chi connectivity index (χ0n) is 18.5. The summed E-state index contributed by atoms with van der Waals surface area (Å²) in [5.41, 5.74) is 1.65. The van der Waals surface area contributed by atoms with Gasteiger partial charge < -0.3 is 24.2 Å². The molecule has 0 spiro atoms. The van der Waals surface area contributed by atoms with Crippen molar-refractivity contribution in [2.24, 2.45) is 5.92 Å². The fraction of sp³-hybridized carbons (Fsp3) is 0.391. The van der Waals surface area contributed by atoms with Crippen molar-refractivity contribution in [1.82, 2.24) is 20.4 Å². The lowest BCUT2D eigenvalue weighted by molar-refractivity contribution is -0.125. The van der Waals surface area contributed by atoms with Crippen molar-refractivity contribution >= 4 is 11.7 Å². The molecule has 0 saturated carbocycles. The molecule has 2 aromatic heterocycles. The number of ether oxygens (including phenoxy) is 2. The Kier molecular flexibility index (Phi) is 6.53. The number of carbonyl (C=O) groups is 1. The van der Waals surface area contributed by atoms with E-state index in [4.69, 9.17) is 14.0 Å². The zero-order valence-corrected chi connectivity index (χ0v) is 18.5. The normalized spacial score (nSPS) is 16.0. The molecule has 0 bridgehead atoms. The van der Waals surface area contributed by atoms with Crippen molar-refractivity contribution in [3.8, 4) is 23.0 Å². The second-order valence-electron chi connectivity index (χ2n) is 7.71. The molecule has 1 fully saturated rings. The Morgan fingerprint density at radius 1 is 1.25 bits per heavy atom. The summed E-state index contributed by atoms with van der Waals surface area (Å²) in [7, 11) is 3.19. The lowest BCUT2D eigenvalue weighted by atomic mass is 9.97. The van der Waals surface area contributed by atoms with Gasteiger partial charge in [0.25, 0.3) is 5.89 Å². The first-order valence-electron chi connectivity index (χ1n) is 10.6. The maximum Gasteiger partial charge on any atom is 0.259 e. The molecule has 1 amide bonds. The minimum atomic E-state index is -0.111. The highest BCUT2D eigenvalue weighted by Crippen LogP contribution is 2.31. The number of para-hydroxylation sites is 1. The monoisotopic (exact) mass is 437 g/mol. The number of anilines is 1. The molecule has 0 unspecified atom stereocenters. The van der Waals surface area contributed by atoms with Crippen LogP contribution in [0.25, 0.3) is 11.5 Å². The summed E-state index contributed by atoms with van der Waals surface area (Å²) in [6.07, 6.45) is 3.49. The van der Waals surface area contributed by atoms with Gasteiger partial charge in [0.2, 0.25) is 5.91 Å². The van der Waals surface area contributed by atoms with Gasteiger partial charge in [-0.15, -0.1) is 0 Å². The molecule has 1 N–H and O–H groups in total. The van der Waals surface area contributed by atoms with Crippen LogP contribution in [0.15, 0.2) is 41.1 Å². The van der Waals surface area contributed by atoms with E-state index in [0.717, 1.165) is 36.3 Å². The minimum absolute atomic E-state index is 0.0255. The molecule has 0 aliphatic carbocycles. The van der Waals surface area contributed by atoms with E-state index in [1.165, 1.54) is 0 Å². The number of aryl methyl sites for hydroxylation is 1. The van der Waals surface area contributed by atoms with Gasteiger partial charge in [-0.3, -0.25) is 4.79 Å². The predicted molar refractivity (Wildman–Crippen MR) is 119 cm³/mol. The first kappa shape index (κ1) is 21.6. The van der Waals surface area contributed by atoms with Crippen molar-refractivity contribution in [2.75, 3.05) is 32.2 Å². The molecule has 1 atom stereocenters. The highest BCUT2D eigenvalue weighted by atomic mass is 16.5. The second kappa shape index (κ2) is 9.67. The minimum Gasteiger partial charge on any atom is -0.493 e. The molecule has 3 heterocycles. The number of pyridine rings is 1. The Labute approximate surface area is 186 Å². The van der Waals surface area contributed by atoms with E-state index in [0.29, 0.717) is 36.3 Å². The van der Waals surface area contributed by atoms with E-state index < -0.39 is 0 Å². The third-order valence-corrected chi connectivity index (χ3v) is 5.58. The molecule has 1 saturated heterocycles. The van der Waals surface area contributed by atoms with E-state index in [1.54, 1.807) is 27.3 Å². The Morgan fingerprint density at radius 3 is 2.81 bits per heavy atom. The maximum atomic E-state index is 12.9. The van der Waals surface area contributed by atoms with Gasteiger partial charge in [0.1, 0.15) is 5.82 Å². The molecule has 1 aliphatic rings. The van der Waals surface area contributed by atoms with Crippen LogP contribution in [0.5, 0.6) is 11.5 Å². The Morgan fingerprint density at radius 2 is 2.12 bits per heavy atom. The topological polar surface area (TPSA) is 103 Å². The van der Waals surface area contributed by atoms with Crippen LogP contribution in [-0.4, -0.2) is 48.3 Å². The van der Waals surface area contributed by atoms with Crippen molar-refractivity contribution in [3.05, 3.63) is 47.9 Å². The summed E-state index contributed by atoms with van der Waals surface area (Å²) in [5.74, 6) is 3.07. The first-order chi connectivity index (χ1) is 15.6. The largest absolute Gasteiger partial charge is 0.493 e. The lowest BCUT2D eigenvalue weighted by Crippen LogP contribution is -2.43. The fourth-order valence-corrected chi connectivity index (χ4v) is 3.93. The number of aromatic nitrogens is 3. The van der Waals surface area contributed by atoms with Crippen molar-refractivity contribution in [2.45, 2.75) is 26.3 Å². The number of hydrogen-bond acceptors (Lipinski definition) is 8. The number of amides is 1. The van der Waals surface area contributed by atoms with Crippen molar-refractivity contribution in [1.29, 1.82) is 0 Å². The van der Waals surface area contributed by atoms with Crippen molar-refractivity contribution < 1.29 is 18.8 Å². The van der Waals surface area contributed by atoms with Crippen molar-refractivity contribution in [3.63, 3.8) is 0 Å². The van der Waals surface area contributed by atoms with Crippen LogP contribution in [-0.2, 0) is 11.3 Å². The van der Waals surface area contributed by atoms with Crippen LogP contribution >= 0.6 is 0 Å². The highest BCUT2D eigenvalue weighted by Gasteiger charge is 2.27. The summed E-state index contributed by atoms with van der Waals surface area (Å²) >= 11 is 0. The Hall–Kier alpha value is -3.62. The van der Waals surface area contributed by atoms with Gasteiger partial charge in [0.15, 0.2) is 17.3 Å². The maximum absolute atomic E-state index is 12.9. The summed E-state index contributed by atoms with van der Waals surface area (Å²) in [6, 6.07) is 9.48. The van der Waals surface area contributed by atoms with Gasteiger partial charge in [-0.2, -0.15) is 4.98 Å². The van der Waals surface area contributed by atoms with Gasteiger partial charge in [-0.25, -0.2) is 4.98 Å². The third-order valence-electron chi connectivity index (χ3n) is 5.58. The number of carbonyl (C=O) groups excluding carboxylic acids is 1. The van der Waals surface area contributed by atoms with Gasteiger partial charge in [-0.1, -0.05) is 17.3 Å². The second-order valence-corrected chi connectivity index (χ2v) is 7.71. The molecule has 3 aromatic rings. The predicted octanol–water partition coefficient (Wildman–Crippen LogP) is 2.99. The van der Waals surface area contributed by atoms with Gasteiger partial charge >= 0.3 is 0 Å². The summed E-state index contributed by atoms with van der Waals surface area (Å²) in [6.45, 7) is 3.64. The number of methoxy groups -OCH3 is 2. The number of nitrogens with one attached hydrogen (secondary N) is 1. The Balaban J connectivity index is 1.38. The quantitative estimate of drug-likeness (QED) is 0.602. The molecule has 0 radical (unpaired) electrons. The first-order valence-corrected chi connectivity index (χ1v) is 10.6. The van der Waals surface area contributed by atoms with E-state index in [2.05, 4.69) is 25.3 Å².